The van der Waals surface area contributed by atoms with Crippen LogP contribution in [0.3, 0.4) is 0 Å². The Morgan fingerprint density at radius 1 is 1.10 bits per heavy atom. The fraction of sp³-hybridized carbons (Fsp3) is 0.0667. The summed E-state index contributed by atoms with van der Waals surface area (Å²) >= 11 is 0. The fourth-order valence-electron chi connectivity index (χ4n) is 1.96. The Hall–Kier alpha value is -3.02. The fourth-order valence-corrected chi connectivity index (χ4v) is 1.96. The highest BCUT2D eigenvalue weighted by atomic mass is 16.1. The quantitative estimate of drug-likeness (QED) is 0.719. The lowest BCUT2D eigenvalue weighted by atomic mass is 10.2. The number of rotatable bonds is 3. The zero-order chi connectivity index (χ0) is 14.7. The van der Waals surface area contributed by atoms with Crippen LogP contribution in [-0.4, -0.2) is 15.2 Å². The predicted octanol–water partition coefficient (Wildman–Crippen LogP) is 3.49. The largest absolute Gasteiger partial charge is 0.295 e. The molecule has 21 heavy (non-hydrogen) atoms. The van der Waals surface area contributed by atoms with Gasteiger partial charge in [-0.3, -0.25) is 20.0 Å². The number of aromatic nitrogens is 3. The summed E-state index contributed by atoms with van der Waals surface area (Å²) in [5.41, 5.74) is 3.06. The lowest BCUT2D eigenvalue weighted by molar-refractivity contribution is 1.06. The van der Waals surface area contributed by atoms with Crippen LogP contribution in [0.5, 0.6) is 0 Å². The van der Waals surface area contributed by atoms with Crippen LogP contribution in [0.2, 0.25) is 0 Å². The molecule has 0 aliphatic carbocycles. The van der Waals surface area contributed by atoms with Crippen LogP contribution in [0.4, 0.5) is 11.4 Å². The van der Waals surface area contributed by atoms with Gasteiger partial charge in [0.2, 0.25) is 0 Å². The zero-order valence-electron chi connectivity index (χ0n) is 11.4. The molecule has 3 aromatic rings. The maximum atomic E-state index is 11.8. The Labute approximate surface area is 120 Å². The molecular weight excluding hydrogens is 266 g/mol. The van der Waals surface area contributed by atoms with Crippen LogP contribution in [0.25, 0.3) is 11.3 Å². The number of pyridine rings is 1. The van der Waals surface area contributed by atoms with Gasteiger partial charge in [0, 0.05) is 18.0 Å². The van der Waals surface area contributed by atoms with Crippen LogP contribution in [-0.2, 0) is 0 Å². The van der Waals surface area contributed by atoms with Crippen molar-refractivity contribution in [3.05, 3.63) is 64.7 Å². The number of azo groups is 1. The molecule has 104 valence electrons. The van der Waals surface area contributed by atoms with Crippen LogP contribution in [0, 0.1) is 6.92 Å². The van der Waals surface area contributed by atoms with E-state index in [1.807, 2.05) is 37.3 Å². The van der Waals surface area contributed by atoms with Gasteiger partial charge in [-0.05, 0) is 36.8 Å². The van der Waals surface area contributed by atoms with E-state index in [0.717, 1.165) is 11.1 Å². The summed E-state index contributed by atoms with van der Waals surface area (Å²) in [6.07, 6.45) is 3.33. The molecule has 0 radical (unpaired) electrons. The Bertz CT molecular complexity index is 833. The van der Waals surface area contributed by atoms with Gasteiger partial charge in [0.05, 0.1) is 11.4 Å². The van der Waals surface area contributed by atoms with Crippen LogP contribution in [0.1, 0.15) is 5.56 Å². The van der Waals surface area contributed by atoms with Crippen molar-refractivity contribution in [1.82, 2.24) is 15.2 Å². The molecule has 0 aliphatic heterocycles. The van der Waals surface area contributed by atoms with Crippen molar-refractivity contribution in [3.8, 4) is 11.3 Å². The van der Waals surface area contributed by atoms with Gasteiger partial charge in [-0.2, -0.15) is 5.11 Å². The van der Waals surface area contributed by atoms with Gasteiger partial charge in [0.25, 0.3) is 5.56 Å². The number of H-pyrrole nitrogens is 2. The normalized spacial score (nSPS) is 11.1. The van der Waals surface area contributed by atoms with Gasteiger partial charge in [-0.15, -0.1) is 5.11 Å². The molecule has 0 unspecified atom stereocenters. The maximum Gasteiger partial charge on any atom is 0.292 e. The number of nitrogens with one attached hydrogen (secondary N) is 2. The summed E-state index contributed by atoms with van der Waals surface area (Å²) in [7, 11) is 0. The molecule has 2 N–H and O–H groups in total. The minimum absolute atomic E-state index is 0.240. The molecule has 0 saturated carbocycles. The van der Waals surface area contributed by atoms with Gasteiger partial charge in [-0.1, -0.05) is 12.1 Å². The smallest absolute Gasteiger partial charge is 0.292 e. The molecule has 1 aromatic carbocycles. The number of nitrogens with zero attached hydrogens (tertiary/aromatic N) is 3. The Morgan fingerprint density at radius 3 is 2.76 bits per heavy atom. The third kappa shape index (κ3) is 2.79. The molecule has 6 heteroatoms. The van der Waals surface area contributed by atoms with Crippen molar-refractivity contribution in [2.24, 2.45) is 10.2 Å². The van der Waals surface area contributed by atoms with Crippen molar-refractivity contribution in [2.75, 3.05) is 0 Å². The second kappa shape index (κ2) is 5.54. The molecule has 0 fully saturated rings. The number of aromatic amines is 2. The molecule has 2 heterocycles. The van der Waals surface area contributed by atoms with Gasteiger partial charge in [-0.25, -0.2) is 0 Å². The lowest BCUT2D eigenvalue weighted by Gasteiger charge is -1.97. The van der Waals surface area contributed by atoms with E-state index in [-0.39, 0.29) is 11.2 Å². The summed E-state index contributed by atoms with van der Waals surface area (Å²) < 4.78 is 0. The highest BCUT2D eigenvalue weighted by Gasteiger charge is 2.11. The van der Waals surface area contributed by atoms with E-state index < -0.39 is 0 Å². The number of aryl methyl sites for hydroxylation is 1. The summed E-state index contributed by atoms with van der Waals surface area (Å²) in [5, 5.41) is 13.5. The second-order valence-corrected chi connectivity index (χ2v) is 4.58. The van der Waals surface area contributed by atoms with E-state index in [0.29, 0.717) is 11.4 Å². The minimum Gasteiger partial charge on any atom is -0.295 e. The number of hydrogen-bond acceptors (Lipinski definition) is 4. The second-order valence-electron chi connectivity index (χ2n) is 4.58. The monoisotopic (exact) mass is 279 g/mol. The maximum absolute atomic E-state index is 11.8. The molecule has 0 bridgehead atoms. The molecule has 6 nitrogen and oxygen atoms in total. The summed E-state index contributed by atoms with van der Waals surface area (Å²) in [5.74, 6) is 0. The van der Waals surface area contributed by atoms with Crippen molar-refractivity contribution >= 4 is 11.4 Å². The summed E-state index contributed by atoms with van der Waals surface area (Å²) in [6, 6.07) is 11.2. The first-order valence-electron chi connectivity index (χ1n) is 6.43. The highest BCUT2D eigenvalue weighted by Crippen LogP contribution is 2.25. The van der Waals surface area contributed by atoms with Gasteiger partial charge in [0.15, 0.2) is 5.69 Å². The molecule has 0 spiro atoms. The molecule has 3 rings (SSSR count). The minimum atomic E-state index is -0.315. The number of hydrogen-bond donors (Lipinski definition) is 2. The van der Waals surface area contributed by atoms with E-state index in [2.05, 4.69) is 25.4 Å². The molecule has 0 aliphatic rings. The Balaban J connectivity index is 2.00. The van der Waals surface area contributed by atoms with E-state index in [4.69, 9.17) is 0 Å². The first-order chi connectivity index (χ1) is 10.2. The van der Waals surface area contributed by atoms with Crippen molar-refractivity contribution < 1.29 is 0 Å². The van der Waals surface area contributed by atoms with E-state index in [1.54, 1.807) is 18.5 Å². The predicted molar refractivity (Wildman–Crippen MR) is 80.0 cm³/mol. The first kappa shape index (κ1) is 13.0. The molecule has 0 atom stereocenters. The summed E-state index contributed by atoms with van der Waals surface area (Å²) in [6.45, 7) is 1.98. The van der Waals surface area contributed by atoms with Crippen LogP contribution in [0.15, 0.2) is 63.8 Å². The molecule has 2 aromatic heterocycles. The van der Waals surface area contributed by atoms with Crippen LogP contribution >= 0.6 is 0 Å². The number of benzene rings is 1. The zero-order valence-corrected chi connectivity index (χ0v) is 11.4. The first-order valence-corrected chi connectivity index (χ1v) is 6.43. The SMILES string of the molecule is Cc1cccc(N=Nc2c(-c3cccnc3)[nH][nH]c2=O)c1. The van der Waals surface area contributed by atoms with Crippen molar-refractivity contribution in [3.63, 3.8) is 0 Å². The van der Waals surface area contributed by atoms with E-state index >= 15 is 0 Å². The molecule has 0 amide bonds. The third-order valence-electron chi connectivity index (χ3n) is 2.97. The van der Waals surface area contributed by atoms with E-state index in [9.17, 15) is 4.79 Å². The topological polar surface area (TPSA) is 86.3 Å². The standard InChI is InChI=1S/C15H13N5O/c1-10-4-2-6-12(8-10)17-19-14-13(18-20-15(14)21)11-5-3-7-16-9-11/h2-9H,1H3,(H2,18,20,21). The highest BCUT2D eigenvalue weighted by molar-refractivity contribution is 5.70. The lowest BCUT2D eigenvalue weighted by Crippen LogP contribution is -1.96. The van der Waals surface area contributed by atoms with Gasteiger partial charge in [0.1, 0.15) is 0 Å². The summed E-state index contributed by atoms with van der Waals surface area (Å²) in [4.78, 5) is 15.9. The average Bonchev–Trinajstić information content (AvgIpc) is 2.87. The third-order valence-corrected chi connectivity index (χ3v) is 2.97. The molecule has 0 saturated heterocycles. The Kier molecular flexibility index (Phi) is 3.42. The van der Waals surface area contributed by atoms with Gasteiger partial charge < -0.3 is 0 Å². The molecular formula is C15H13N5O. The van der Waals surface area contributed by atoms with E-state index in [1.165, 1.54) is 0 Å². The average molecular weight is 279 g/mol. The van der Waals surface area contributed by atoms with Crippen LogP contribution < -0.4 is 5.56 Å². The van der Waals surface area contributed by atoms with Crippen molar-refractivity contribution in [2.45, 2.75) is 6.92 Å². The van der Waals surface area contributed by atoms with Crippen molar-refractivity contribution in [1.29, 1.82) is 0 Å². The van der Waals surface area contributed by atoms with Gasteiger partial charge >= 0.3 is 0 Å². The Morgan fingerprint density at radius 2 is 2.00 bits per heavy atom.